The van der Waals surface area contributed by atoms with Crippen molar-refractivity contribution in [2.24, 2.45) is 0 Å². The van der Waals surface area contributed by atoms with Crippen LogP contribution >= 0.6 is 11.3 Å². The molecule has 0 bridgehead atoms. The first-order valence-corrected chi connectivity index (χ1v) is 12.4. The van der Waals surface area contributed by atoms with Crippen LogP contribution in [0.4, 0.5) is 8.78 Å². The summed E-state index contributed by atoms with van der Waals surface area (Å²) in [5.74, 6) is -5.14. The van der Waals surface area contributed by atoms with Gasteiger partial charge in [0.25, 0.3) is 5.91 Å². The van der Waals surface area contributed by atoms with E-state index in [2.05, 4.69) is 0 Å². The predicted molar refractivity (Wildman–Crippen MR) is 128 cm³/mol. The summed E-state index contributed by atoms with van der Waals surface area (Å²) in [6, 6.07) is 12.3. The van der Waals surface area contributed by atoms with Gasteiger partial charge in [-0.25, -0.2) is 4.79 Å². The number of amides is 1. The van der Waals surface area contributed by atoms with Crippen LogP contribution in [0.5, 0.6) is 0 Å². The second-order valence-corrected chi connectivity index (χ2v) is 9.69. The molecule has 5 nitrogen and oxygen atoms in total. The van der Waals surface area contributed by atoms with Crippen molar-refractivity contribution in [3.63, 3.8) is 0 Å². The number of carbonyl (C=O) groups excluding carboxylic acids is 2. The zero-order chi connectivity index (χ0) is 24.7. The second-order valence-electron chi connectivity index (χ2n) is 8.52. The zero-order valence-electron chi connectivity index (χ0n) is 19.5. The molecule has 3 atom stereocenters. The molecule has 1 N–H and O–H groups in total. The van der Waals surface area contributed by atoms with E-state index in [1.807, 2.05) is 43.3 Å². The molecule has 34 heavy (non-hydrogen) atoms. The Hall–Kier alpha value is -2.58. The molecule has 0 saturated carbocycles. The van der Waals surface area contributed by atoms with Crippen molar-refractivity contribution in [1.29, 1.82) is 0 Å². The average Bonchev–Trinajstić information content (AvgIpc) is 3.39. The molecule has 3 rings (SSSR count). The fourth-order valence-corrected chi connectivity index (χ4v) is 5.30. The van der Waals surface area contributed by atoms with Crippen LogP contribution in [0.1, 0.15) is 58.6 Å². The number of benzene rings is 1. The standard InChI is InChI=1S/C26H31F2NO4S/c1-3-8-21(18-9-5-4-6-10-18)22(30)14-12-19-17-26(27,28)25(32)29(19)16-7-11-20-13-15-23(34-20)24(31)33-2/h4-6,9-10,12-15,19,21-22,30H,3,7-8,11,16-17H2,1-2H3/b14-12+. The number of aliphatic hydroxyl groups is 1. The Labute approximate surface area is 203 Å². The van der Waals surface area contributed by atoms with Crippen LogP contribution in [0.15, 0.2) is 54.6 Å². The van der Waals surface area contributed by atoms with Crippen LogP contribution in [0.2, 0.25) is 0 Å². The van der Waals surface area contributed by atoms with Gasteiger partial charge in [-0.1, -0.05) is 55.8 Å². The van der Waals surface area contributed by atoms with Crippen molar-refractivity contribution in [2.75, 3.05) is 13.7 Å². The number of esters is 1. The molecule has 1 aromatic heterocycles. The maximum Gasteiger partial charge on any atom is 0.348 e. The number of nitrogens with zero attached hydrogens (tertiary/aromatic N) is 1. The molecule has 1 aromatic carbocycles. The van der Waals surface area contributed by atoms with Gasteiger partial charge in [-0.15, -0.1) is 11.3 Å². The highest BCUT2D eigenvalue weighted by molar-refractivity contribution is 7.13. The molecule has 2 heterocycles. The number of rotatable bonds is 11. The Morgan fingerprint density at radius 1 is 1.29 bits per heavy atom. The summed E-state index contributed by atoms with van der Waals surface area (Å²) in [6.07, 6.45) is 4.35. The molecule has 1 amide bonds. The van der Waals surface area contributed by atoms with E-state index in [9.17, 15) is 23.5 Å². The lowest BCUT2D eigenvalue weighted by Gasteiger charge is -2.24. The fraction of sp³-hybridized carbons (Fsp3) is 0.462. The lowest BCUT2D eigenvalue weighted by atomic mass is 9.89. The Bertz CT molecular complexity index is 992. The molecule has 184 valence electrons. The normalized spacial score (nSPS) is 19.5. The first kappa shape index (κ1) is 26.0. The van der Waals surface area contributed by atoms with Gasteiger partial charge < -0.3 is 14.7 Å². The summed E-state index contributed by atoms with van der Waals surface area (Å²) in [5, 5.41) is 10.8. The van der Waals surface area contributed by atoms with Gasteiger partial charge in [-0.05, 0) is 37.0 Å². The average molecular weight is 492 g/mol. The summed E-state index contributed by atoms with van der Waals surface area (Å²) >= 11 is 1.30. The Balaban J connectivity index is 1.65. The summed E-state index contributed by atoms with van der Waals surface area (Å²) in [6.45, 7) is 2.20. The molecule has 0 aliphatic carbocycles. The molecular weight excluding hydrogens is 460 g/mol. The number of alkyl halides is 2. The lowest BCUT2D eigenvalue weighted by molar-refractivity contribution is -0.148. The van der Waals surface area contributed by atoms with E-state index in [1.54, 1.807) is 18.2 Å². The topological polar surface area (TPSA) is 66.8 Å². The molecule has 2 aromatic rings. The Morgan fingerprint density at radius 3 is 2.71 bits per heavy atom. The van der Waals surface area contributed by atoms with Gasteiger partial charge in [-0.3, -0.25) is 4.79 Å². The lowest BCUT2D eigenvalue weighted by Crippen LogP contribution is -2.36. The number of thiophene rings is 1. The van der Waals surface area contributed by atoms with Crippen molar-refractivity contribution < 1.29 is 28.2 Å². The molecule has 1 aliphatic heterocycles. The van der Waals surface area contributed by atoms with Crippen molar-refractivity contribution >= 4 is 23.2 Å². The van der Waals surface area contributed by atoms with Gasteiger partial charge in [0.2, 0.25) is 0 Å². The van der Waals surface area contributed by atoms with Crippen LogP contribution < -0.4 is 0 Å². The molecule has 1 saturated heterocycles. The molecule has 3 unspecified atom stereocenters. The third-order valence-corrected chi connectivity index (χ3v) is 7.21. The highest BCUT2D eigenvalue weighted by Crippen LogP contribution is 2.35. The van der Waals surface area contributed by atoms with Gasteiger partial charge in [0.15, 0.2) is 0 Å². The summed E-state index contributed by atoms with van der Waals surface area (Å²) in [5.41, 5.74) is 0.994. The number of aryl methyl sites for hydroxylation is 1. The highest BCUT2D eigenvalue weighted by atomic mass is 32.1. The van der Waals surface area contributed by atoms with Crippen LogP contribution in [0.3, 0.4) is 0 Å². The summed E-state index contributed by atoms with van der Waals surface area (Å²) in [4.78, 5) is 26.5. The van der Waals surface area contributed by atoms with Gasteiger partial charge in [-0.2, -0.15) is 8.78 Å². The van der Waals surface area contributed by atoms with E-state index in [0.717, 1.165) is 23.3 Å². The quantitative estimate of drug-likeness (QED) is 0.346. The predicted octanol–water partition coefficient (Wildman–Crippen LogP) is 5.20. The minimum absolute atomic E-state index is 0.142. The van der Waals surface area contributed by atoms with Gasteiger partial charge >= 0.3 is 11.9 Å². The number of carbonyl (C=O) groups is 2. The molecule has 0 radical (unpaired) electrons. The summed E-state index contributed by atoms with van der Waals surface area (Å²) in [7, 11) is 1.32. The number of halogens is 2. The van der Waals surface area contributed by atoms with Crippen molar-refractivity contribution in [1.82, 2.24) is 4.90 Å². The molecular formula is C26H31F2NO4S. The third kappa shape index (κ3) is 6.30. The molecule has 8 heteroatoms. The number of hydrogen-bond acceptors (Lipinski definition) is 5. The van der Waals surface area contributed by atoms with Crippen LogP contribution in [0.25, 0.3) is 0 Å². The fourth-order valence-electron chi connectivity index (χ4n) is 4.33. The zero-order valence-corrected chi connectivity index (χ0v) is 20.3. The minimum Gasteiger partial charge on any atom is -0.465 e. The molecule has 1 aliphatic rings. The molecule has 1 fully saturated rings. The van der Waals surface area contributed by atoms with E-state index in [-0.39, 0.29) is 12.5 Å². The number of ether oxygens (including phenoxy) is 1. The number of methoxy groups -OCH3 is 1. The third-order valence-electron chi connectivity index (χ3n) is 6.08. The van der Waals surface area contributed by atoms with Gasteiger partial charge in [0, 0.05) is 23.8 Å². The SMILES string of the molecule is CCCC(c1ccccc1)C(O)/C=C/C1CC(F)(F)C(=O)N1CCCc1ccc(C(=O)OC)s1. The van der Waals surface area contributed by atoms with Crippen molar-refractivity contribution in [3.05, 3.63) is 69.9 Å². The maximum absolute atomic E-state index is 14.3. The van der Waals surface area contributed by atoms with E-state index < -0.39 is 36.4 Å². The largest absolute Gasteiger partial charge is 0.465 e. The van der Waals surface area contributed by atoms with Gasteiger partial charge in [0.1, 0.15) is 4.88 Å². The molecule has 0 spiro atoms. The minimum atomic E-state index is -3.41. The van der Waals surface area contributed by atoms with Crippen LogP contribution in [-0.2, 0) is 16.0 Å². The Kier molecular flexibility index (Phi) is 8.97. The number of likely N-dealkylation sites (tertiary alicyclic amines) is 1. The van der Waals surface area contributed by atoms with Crippen LogP contribution in [0, 0.1) is 0 Å². The first-order valence-electron chi connectivity index (χ1n) is 11.5. The van der Waals surface area contributed by atoms with E-state index >= 15 is 0 Å². The van der Waals surface area contributed by atoms with E-state index in [1.165, 1.54) is 23.3 Å². The van der Waals surface area contributed by atoms with Gasteiger partial charge in [0.05, 0.1) is 19.3 Å². The monoisotopic (exact) mass is 491 g/mol. The highest BCUT2D eigenvalue weighted by Gasteiger charge is 2.52. The van der Waals surface area contributed by atoms with E-state index in [0.29, 0.717) is 17.7 Å². The van der Waals surface area contributed by atoms with Crippen molar-refractivity contribution in [2.45, 2.75) is 63.0 Å². The summed E-state index contributed by atoms with van der Waals surface area (Å²) < 4.78 is 33.2. The second kappa shape index (κ2) is 11.7. The Morgan fingerprint density at radius 2 is 2.03 bits per heavy atom. The first-order chi connectivity index (χ1) is 16.3. The smallest absolute Gasteiger partial charge is 0.348 e. The number of aliphatic hydroxyl groups excluding tert-OH is 1. The maximum atomic E-state index is 14.3. The number of hydrogen-bond donors (Lipinski definition) is 1. The van der Waals surface area contributed by atoms with E-state index in [4.69, 9.17) is 4.74 Å². The van der Waals surface area contributed by atoms with Crippen molar-refractivity contribution in [3.8, 4) is 0 Å². The van der Waals surface area contributed by atoms with Crippen LogP contribution in [-0.4, -0.2) is 53.6 Å².